The Morgan fingerprint density at radius 1 is 1.12 bits per heavy atom. The molecule has 0 aromatic heterocycles. The number of carbonyl (C=O) groups is 1. The lowest BCUT2D eigenvalue weighted by molar-refractivity contribution is -0.123. The van der Waals surface area contributed by atoms with Gasteiger partial charge in [-0.2, -0.15) is 0 Å². The van der Waals surface area contributed by atoms with Gasteiger partial charge in [-0.25, -0.2) is 0 Å². The van der Waals surface area contributed by atoms with E-state index in [0.717, 1.165) is 63.6 Å². The van der Waals surface area contributed by atoms with Gasteiger partial charge in [-0.15, -0.1) is 0 Å². The minimum absolute atomic E-state index is 0.0443. The predicted molar refractivity (Wildman–Crippen MR) is 132 cm³/mol. The first-order chi connectivity index (χ1) is 15.4. The second kappa shape index (κ2) is 14.0. The highest BCUT2D eigenvalue weighted by Crippen LogP contribution is 2.18. The summed E-state index contributed by atoms with van der Waals surface area (Å²) >= 11 is 0. The lowest BCUT2D eigenvalue weighted by Gasteiger charge is -2.30. The van der Waals surface area contributed by atoms with Crippen LogP contribution < -0.4 is 20.7 Å². The monoisotopic (exact) mass is 445 g/mol. The van der Waals surface area contributed by atoms with Crippen molar-refractivity contribution in [2.24, 2.45) is 4.99 Å². The van der Waals surface area contributed by atoms with E-state index in [1.165, 1.54) is 5.56 Å². The number of ether oxygens (including phenoxy) is 1. The molecule has 1 amide bonds. The van der Waals surface area contributed by atoms with E-state index in [1.807, 2.05) is 24.3 Å². The molecule has 0 heterocycles. The van der Waals surface area contributed by atoms with E-state index in [-0.39, 0.29) is 12.5 Å². The van der Waals surface area contributed by atoms with Gasteiger partial charge in [0.25, 0.3) is 5.91 Å². The molecule has 1 aliphatic rings. The molecule has 0 saturated heterocycles. The first-order valence-electron chi connectivity index (χ1n) is 12.2. The molecule has 32 heavy (non-hydrogen) atoms. The van der Waals surface area contributed by atoms with Crippen molar-refractivity contribution >= 4 is 11.9 Å². The smallest absolute Gasteiger partial charge is 0.258 e. The quantitative estimate of drug-likeness (QED) is 0.233. The SMILES string of the molecule is CCNC(=NCCCN(C(C)C)C(C)C)NCCc1ccc(OCC(=O)NC2CC2)cc1. The number of guanidine groups is 1. The number of hydrogen-bond acceptors (Lipinski definition) is 4. The van der Waals surface area contributed by atoms with Crippen LogP contribution in [0.25, 0.3) is 0 Å². The van der Waals surface area contributed by atoms with Gasteiger partial charge >= 0.3 is 0 Å². The van der Waals surface area contributed by atoms with Crippen LogP contribution in [0.4, 0.5) is 0 Å². The van der Waals surface area contributed by atoms with Crippen LogP contribution >= 0.6 is 0 Å². The Kier molecular flexibility index (Phi) is 11.4. The zero-order valence-corrected chi connectivity index (χ0v) is 20.6. The van der Waals surface area contributed by atoms with E-state index in [2.05, 4.69) is 55.5 Å². The zero-order valence-electron chi connectivity index (χ0n) is 20.6. The van der Waals surface area contributed by atoms with Crippen molar-refractivity contribution in [2.75, 3.05) is 32.8 Å². The largest absolute Gasteiger partial charge is 0.484 e. The number of amides is 1. The topological polar surface area (TPSA) is 78.0 Å². The molecule has 0 bridgehead atoms. The molecule has 0 radical (unpaired) electrons. The highest BCUT2D eigenvalue weighted by molar-refractivity contribution is 5.79. The molecule has 2 rings (SSSR count). The van der Waals surface area contributed by atoms with E-state index in [4.69, 9.17) is 9.73 Å². The highest BCUT2D eigenvalue weighted by atomic mass is 16.5. The van der Waals surface area contributed by atoms with E-state index in [9.17, 15) is 4.79 Å². The maximum Gasteiger partial charge on any atom is 0.258 e. The number of aliphatic imine (C=N–C) groups is 1. The summed E-state index contributed by atoms with van der Waals surface area (Å²) in [6.07, 6.45) is 4.11. The molecule has 3 N–H and O–H groups in total. The van der Waals surface area contributed by atoms with Crippen molar-refractivity contribution in [3.05, 3.63) is 29.8 Å². The summed E-state index contributed by atoms with van der Waals surface area (Å²) in [4.78, 5) is 18.9. The highest BCUT2D eigenvalue weighted by Gasteiger charge is 2.23. The van der Waals surface area contributed by atoms with Crippen LogP contribution in [0.5, 0.6) is 5.75 Å². The van der Waals surface area contributed by atoms with E-state index in [0.29, 0.717) is 18.1 Å². The Morgan fingerprint density at radius 2 is 1.81 bits per heavy atom. The van der Waals surface area contributed by atoms with Crippen LogP contribution in [0.1, 0.15) is 59.4 Å². The molecule has 0 spiro atoms. The zero-order chi connectivity index (χ0) is 23.3. The number of nitrogens with zero attached hydrogens (tertiary/aromatic N) is 2. The molecule has 0 aliphatic heterocycles. The van der Waals surface area contributed by atoms with Crippen molar-refractivity contribution in [1.29, 1.82) is 0 Å². The van der Waals surface area contributed by atoms with Crippen molar-refractivity contribution in [3.8, 4) is 5.75 Å². The van der Waals surface area contributed by atoms with Crippen molar-refractivity contribution in [1.82, 2.24) is 20.9 Å². The van der Waals surface area contributed by atoms with Gasteiger partial charge in [0.2, 0.25) is 0 Å². The fourth-order valence-electron chi connectivity index (χ4n) is 3.62. The fourth-order valence-corrected chi connectivity index (χ4v) is 3.62. The maximum atomic E-state index is 11.7. The summed E-state index contributed by atoms with van der Waals surface area (Å²) in [6, 6.07) is 9.43. The average Bonchev–Trinajstić information content (AvgIpc) is 3.56. The Balaban J connectivity index is 1.69. The maximum absolute atomic E-state index is 11.7. The summed E-state index contributed by atoms with van der Waals surface area (Å²) in [7, 11) is 0. The third kappa shape index (κ3) is 10.4. The van der Waals surface area contributed by atoms with Crippen LogP contribution in [0.3, 0.4) is 0 Å². The molecule has 1 fully saturated rings. The molecule has 0 atom stereocenters. The third-order valence-electron chi connectivity index (χ3n) is 5.46. The Hall–Kier alpha value is -2.28. The number of benzene rings is 1. The van der Waals surface area contributed by atoms with E-state index in [1.54, 1.807) is 0 Å². The van der Waals surface area contributed by atoms with Gasteiger partial charge in [-0.3, -0.25) is 14.7 Å². The van der Waals surface area contributed by atoms with Gasteiger partial charge in [0.1, 0.15) is 5.75 Å². The van der Waals surface area contributed by atoms with E-state index < -0.39 is 0 Å². The number of rotatable bonds is 14. The van der Waals surface area contributed by atoms with Gasteiger partial charge in [-0.1, -0.05) is 12.1 Å². The van der Waals surface area contributed by atoms with Gasteiger partial charge in [0.05, 0.1) is 0 Å². The number of hydrogen-bond donors (Lipinski definition) is 3. The van der Waals surface area contributed by atoms with Crippen LogP contribution in [0.2, 0.25) is 0 Å². The standard InChI is InChI=1S/C25H43N5O2/c1-6-26-25(27-15-7-17-30(19(2)3)20(4)5)28-16-14-21-8-12-23(13-9-21)32-18-24(31)29-22-10-11-22/h8-9,12-13,19-20,22H,6-7,10-11,14-18H2,1-5H3,(H,29,31)(H2,26,27,28). The van der Waals surface area contributed by atoms with Gasteiger partial charge in [0.15, 0.2) is 12.6 Å². The van der Waals surface area contributed by atoms with Crippen LogP contribution in [-0.2, 0) is 11.2 Å². The molecule has 1 saturated carbocycles. The molecule has 180 valence electrons. The number of nitrogens with one attached hydrogen (secondary N) is 3. The Labute approximate surface area is 194 Å². The minimum Gasteiger partial charge on any atom is -0.484 e. The molecular formula is C25H43N5O2. The summed E-state index contributed by atoms with van der Waals surface area (Å²) in [5.41, 5.74) is 1.22. The van der Waals surface area contributed by atoms with Crippen molar-refractivity contribution < 1.29 is 9.53 Å². The van der Waals surface area contributed by atoms with Crippen molar-refractivity contribution in [2.45, 2.75) is 78.4 Å². The molecular weight excluding hydrogens is 402 g/mol. The fraction of sp³-hybridized carbons (Fsp3) is 0.680. The van der Waals surface area contributed by atoms with Gasteiger partial charge in [0, 0.05) is 44.3 Å². The summed E-state index contributed by atoms with van der Waals surface area (Å²) in [5, 5.41) is 9.67. The molecule has 7 heteroatoms. The van der Waals surface area contributed by atoms with Crippen LogP contribution in [0.15, 0.2) is 29.3 Å². The first-order valence-corrected chi connectivity index (χ1v) is 12.2. The molecule has 0 unspecified atom stereocenters. The summed E-state index contributed by atoms with van der Waals surface area (Å²) < 4.78 is 5.57. The summed E-state index contributed by atoms with van der Waals surface area (Å²) in [6.45, 7) is 14.7. The lowest BCUT2D eigenvalue weighted by Crippen LogP contribution is -2.39. The Morgan fingerprint density at radius 3 is 2.41 bits per heavy atom. The first kappa shape index (κ1) is 26.0. The van der Waals surface area contributed by atoms with Gasteiger partial charge in [-0.05, 0) is 78.0 Å². The minimum atomic E-state index is -0.0443. The molecule has 1 aliphatic carbocycles. The normalized spacial score (nSPS) is 14.2. The van der Waals surface area contributed by atoms with Crippen LogP contribution in [0, 0.1) is 0 Å². The molecule has 7 nitrogen and oxygen atoms in total. The average molecular weight is 446 g/mol. The Bertz CT molecular complexity index is 691. The van der Waals surface area contributed by atoms with Crippen LogP contribution in [-0.4, -0.2) is 67.7 Å². The summed E-state index contributed by atoms with van der Waals surface area (Å²) in [5.74, 6) is 1.55. The predicted octanol–water partition coefficient (Wildman–Crippen LogP) is 2.95. The van der Waals surface area contributed by atoms with Gasteiger partial charge < -0.3 is 20.7 Å². The second-order valence-corrected chi connectivity index (χ2v) is 8.99. The number of carbonyl (C=O) groups excluding carboxylic acids is 1. The van der Waals surface area contributed by atoms with E-state index >= 15 is 0 Å². The second-order valence-electron chi connectivity index (χ2n) is 8.99. The lowest BCUT2D eigenvalue weighted by atomic mass is 10.1. The molecule has 1 aromatic rings. The van der Waals surface area contributed by atoms with Crippen molar-refractivity contribution in [3.63, 3.8) is 0 Å². The third-order valence-corrected chi connectivity index (χ3v) is 5.46. The molecule has 1 aromatic carbocycles.